The number of aromatic amines is 1. The van der Waals surface area contributed by atoms with E-state index >= 15 is 0 Å². The van der Waals surface area contributed by atoms with Gasteiger partial charge in [0, 0.05) is 48.5 Å². The lowest BCUT2D eigenvalue weighted by Crippen LogP contribution is -2.52. The van der Waals surface area contributed by atoms with Crippen LogP contribution in [-0.2, 0) is 11.3 Å². The van der Waals surface area contributed by atoms with Crippen LogP contribution in [0.4, 0.5) is 0 Å². The number of fused-ring (bicyclic) bond motifs is 1. The molecule has 2 saturated heterocycles. The Hall–Kier alpha value is -2.77. The number of benzene rings is 2. The maximum atomic E-state index is 13.3. The number of aromatic nitrogens is 1. The summed E-state index contributed by atoms with van der Waals surface area (Å²) in [6.07, 6.45) is 3.64. The molecule has 2 amide bonds. The molecule has 0 bridgehead atoms. The zero-order valence-corrected chi connectivity index (χ0v) is 18.8. The lowest BCUT2D eigenvalue weighted by atomic mass is 10.0. The highest BCUT2D eigenvalue weighted by Gasteiger charge is 2.37. The number of thioether (sulfide) groups is 1. The van der Waals surface area contributed by atoms with Gasteiger partial charge in [-0.15, -0.1) is 11.8 Å². The third-order valence-electron chi connectivity index (χ3n) is 6.45. The number of nitrogens with zero attached hydrogens (tertiary/aromatic N) is 2. The Morgan fingerprint density at radius 1 is 1.03 bits per heavy atom. The highest BCUT2D eigenvalue weighted by Crippen LogP contribution is 2.27. The molecular weight excluding hydrogens is 420 g/mol. The first-order valence-electron chi connectivity index (χ1n) is 11.2. The number of carbonyl (C=O) groups is 2. The maximum absolute atomic E-state index is 13.3. The minimum Gasteiger partial charge on any atom is -0.360 e. The number of rotatable bonds is 5. The Labute approximate surface area is 192 Å². The molecule has 0 saturated carbocycles. The fourth-order valence-corrected chi connectivity index (χ4v) is 5.79. The summed E-state index contributed by atoms with van der Waals surface area (Å²) in [6.45, 7) is 2.89. The van der Waals surface area contributed by atoms with Crippen LogP contribution in [0.1, 0.15) is 28.8 Å². The van der Waals surface area contributed by atoms with Crippen molar-refractivity contribution in [1.29, 1.82) is 0 Å². The van der Waals surface area contributed by atoms with Gasteiger partial charge in [0.1, 0.15) is 6.04 Å². The van der Waals surface area contributed by atoms with Crippen molar-refractivity contribution in [3.05, 3.63) is 71.9 Å². The maximum Gasteiger partial charge on any atom is 0.257 e. The first-order valence-corrected chi connectivity index (χ1v) is 12.4. The minimum absolute atomic E-state index is 0.0234. The van der Waals surface area contributed by atoms with Crippen LogP contribution in [-0.4, -0.2) is 63.4 Å². The topological polar surface area (TPSA) is 68.4 Å². The number of para-hydroxylation sites is 1. The van der Waals surface area contributed by atoms with Crippen molar-refractivity contribution in [2.45, 2.75) is 31.5 Å². The Morgan fingerprint density at radius 2 is 1.78 bits per heavy atom. The molecule has 0 spiro atoms. The van der Waals surface area contributed by atoms with Crippen LogP contribution in [0, 0.1) is 0 Å². The second-order valence-corrected chi connectivity index (χ2v) is 9.58. The minimum atomic E-state index is -0.413. The molecule has 2 aromatic carbocycles. The number of H-pyrrole nitrogens is 1. The van der Waals surface area contributed by atoms with E-state index in [9.17, 15) is 9.59 Å². The van der Waals surface area contributed by atoms with Crippen molar-refractivity contribution in [2.75, 3.05) is 24.7 Å². The van der Waals surface area contributed by atoms with Crippen molar-refractivity contribution in [3.8, 4) is 0 Å². The van der Waals surface area contributed by atoms with Gasteiger partial charge in [-0.1, -0.05) is 48.5 Å². The molecule has 1 unspecified atom stereocenters. The third-order valence-corrected chi connectivity index (χ3v) is 7.46. The molecule has 0 radical (unpaired) electrons. The quantitative estimate of drug-likeness (QED) is 0.627. The molecule has 1 aromatic heterocycles. The van der Waals surface area contributed by atoms with E-state index in [1.54, 1.807) is 22.9 Å². The lowest BCUT2D eigenvalue weighted by Gasteiger charge is -2.33. The number of hydrogen-bond donors (Lipinski definition) is 2. The predicted octanol–water partition coefficient (Wildman–Crippen LogP) is 3.46. The van der Waals surface area contributed by atoms with Crippen LogP contribution >= 0.6 is 11.8 Å². The molecule has 5 rings (SSSR count). The summed E-state index contributed by atoms with van der Waals surface area (Å²) < 4.78 is 0. The van der Waals surface area contributed by atoms with Crippen LogP contribution in [0.5, 0.6) is 0 Å². The van der Waals surface area contributed by atoms with E-state index in [0.717, 1.165) is 43.4 Å². The van der Waals surface area contributed by atoms with Crippen molar-refractivity contribution in [2.24, 2.45) is 0 Å². The molecule has 2 fully saturated rings. The Bertz CT molecular complexity index is 1090. The van der Waals surface area contributed by atoms with Gasteiger partial charge in [-0.25, -0.2) is 0 Å². The number of amides is 2. The molecule has 3 aromatic rings. The largest absolute Gasteiger partial charge is 0.360 e. The summed E-state index contributed by atoms with van der Waals surface area (Å²) in [5, 5.41) is 4.13. The van der Waals surface area contributed by atoms with E-state index < -0.39 is 6.04 Å². The van der Waals surface area contributed by atoms with Gasteiger partial charge in [-0.05, 0) is 24.5 Å². The van der Waals surface area contributed by atoms with E-state index in [4.69, 9.17) is 0 Å². The molecule has 2 aliphatic heterocycles. The Kier molecular flexibility index (Phi) is 6.19. The molecule has 6 nitrogen and oxygen atoms in total. The molecule has 0 aliphatic carbocycles. The molecule has 2 aliphatic rings. The number of hydrogen-bond acceptors (Lipinski definition) is 4. The average molecular weight is 449 g/mol. The number of nitrogens with one attached hydrogen (secondary N) is 2. The SMILES string of the molecule is O=C(NC1CCN(Cc2ccccc2)CC1)C1CSCN1C(=O)c1c[nH]c2ccccc12. The van der Waals surface area contributed by atoms with E-state index in [1.165, 1.54) is 5.56 Å². The third kappa shape index (κ3) is 4.40. The number of carbonyl (C=O) groups excluding carboxylic acids is 2. The van der Waals surface area contributed by atoms with Crippen molar-refractivity contribution >= 4 is 34.5 Å². The lowest BCUT2D eigenvalue weighted by molar-refractivity contribution is -0.125. The van der Waals surface area contributed by atoms with Gasteiger partial charge in [-0.3, -0.25) is 14.5 Å². The van der Waals surface area contributed by atoms with E-state index in [-0.39, 0.29) is 17.9 Å². The highest BCUT2D eigenvalue weighted by atomic mass is 32.2. The number of likely N-dealkylation sites (tertiary alicyclic amines) is 1. The smallest absolute Gasteiger partial charge is 0.257 e. The van der Waals surface area contributed by atoms with Crippen LogP contribution in [0.15, 0.2) is 60.8 Å². The highest BCUT2D eigenvalue weighted by molar-refractivity contribution is 7.99. The average Bonchev–Trinajstić information content (AvgIpc) is 3.48. The molecule has 2 N–H and O–H groups in total. The van der Waals surface area contributed by atoms with Crippen LogP contribution in [0.3, 0.4) is 0 Å². The first kappa shape index (κ1) is 21.1. The van der Waals surface area contributed by atoms with Gasteiger partial charge in [0.25, 0.3) is 5.91 Å². The van der Waals surface area contributed by atoms with Gasteiger partial charge >= 0.3 is 0 Å². The summed E-state index contributed by atoms with van der Waals surface area (Å²) in [5.41, 5.74) is 2.89. The molecular formula is C25H28N4O2S. The van der Waals surface area contributed by atoms with Crippen molar-refractivity contribution < 1.29 is 9.59 Å². The molecule has 7 heteroatoms. The van der Waals surface area contributed by atoms with Gasteiger partial charge in [0.05, 0.1) is 11.4 Å². The van der Waals surface area contributed by atoms with Gasteiger partial charge in [0.15, 0.2) is 0 Å². The predicted molar refractivity (Wildman–Crippen MR) is 128 cm³/mol. The van der Waals surface area contributed by atoms with Gasteiger partial charge in [0.2, 0.25) is 5.91 Å². The normalized spacial score (nSPS) is 20.0. The first-order chi connectivity index (χ1) is 15.7. The Balaban J connectivity index is 1.18. The van der Waals surface area contributed by atoms with Crippen LogP contribution in [0.25, 0.3) is 10.9 Å². The zero-order chi connectivity index (χ0) is 21.9. The summed E-state index contributed by atoms with van der Waals surface area (Å²) in [7, 11) is 0. The van der Waals surface area contributed by atoms with Crippen molar-refractivity contribution in [3.63, 3.8) is 0 Å². The molecule has 3 heterocycles. The molecule has 32 heavy (non-hydrogen) atoms. The second kappa shape index (κ2) is 9.38. The van der Waals surface area contributed by atoms with Crippen molar-refractivity contribution in [1.82, 2.24) is 20.1 Å². The summed E-state index contributed by atoms with van der Waals surface area (Å²) in [6, 6.07) is 18.0. The second-order valence-electron chi connectivity index (χ2n) is 8.58. The fourth-order valence-electron chi connectivity index (χ4n) is 4.64. The monoisotopic (exact) mass is 448 g/mol. The van der Waals surface area contributed by atoms with E-state index in [0.29, 0.717) is 17.2 Å². The Morgan fingerprint density at radius 3 is 2.59 bits per heavy atom. The fraction of sp³-hybridized carbons (Fsp3) is 0.360. The van der Waals surface area contributed by atoms with E-state index in [1.807, 2.05) is 30.3 Å². The molecule has 1 atom stereocenters. The van der Waals surface area contributed by atoms with E-state index in [2.05, 4.69) is 39.5 Å². The number of piperidine rings is 1. The van der Waals surface area contributed by atoms with Gasteiger partial charge in [-0.2, -0.15) is 0 Å². The van der Waals surface area contributed by atoms with Crippen LogP contribution < -0.4 is 5.32 Å². The summed E-state index contributed by atoms with van der Waals surface area (Å²) >= 11 is 1.64. The zero-order valence-electron chi connectivity index (χ0n) is 18.0. The summed E-state index contributed by atoms with van der Waals surface area (Å²) in [4.78, 5) is 33.7. The summed E-state index contributed by atoms with van der Waals surface area (Å²) in [5.74, 6) is 1.09. The van der Waals surface area contributed by atoms with Crippen LogP contribution in [0.2, 0.25) is 0 Å². The van der Waals surface area contributed by atoms with Gasteiger partial charge < -0.3 is 15.2 Å². The standard InChI is InChI=1S/C25H28N4O2S/c30-24(27-19-10-12-28(13-11-19)15-18-6-2-1-3-7-18)23-16-32-17-29(23)25(31)21-14-26-22-9-5-4-8-20(21)22/h1-9,14,19,23,26H,10-13,15-17H2,(H,27,30). The molecule has 166 valence electrons.